The summed E-state index contributed by atoms with van der Waals surface area (Å²) in [5.74, 6) is 0.336. The van der Waals surface area contributed by atoms with Crippen molar-refractivity contribution >= 4 is 17.3 Å². The lowest BCUT2D eigenvalue weighted by Gasteiger charge is -2.11. The number of hydrogen-bond acceptors (Lipinski definition) is 6. The summed E-state index contributed by atoms with van der Waals surface area (Å²) in [6, 6.07) is 6.89. The topological polar surface area (TPSA) is 90.4 Å². The van der Waals surface area contributed by atoms with E-state index < -0.39 is 5.97 Å². The Morgan fingerprint density at radius 3 is 2.90 bits per heavy atom. The van der Waals surface area contributed by atoms with Crippen LogP contribution in [0.2, 0.25) is 0 Å². The highest BCUT2D eigenvalue weighted by Gasteiger charge is 2.13. The van der Waals surface area contributed by atoms with Crippen molar-refractivity contribution in [3.8, 4) is 0 Å². The van der Waals surface area contributed by atoms with Crippen LogP contribution >= 0.6 is 0 Å². The smallest absolute Gasteiger partial charge is 0.340 e. The number of nitrogens with one attached hydrogen (secondary N) is 1. The number of rotatable bonds is 5. The number of benzene rings is 1. The summed E-state index contributed by atoms with van der Waals surface area (Å²) >= 11 is 0. The maximum Gasteiger partial charge on any atom is 0.340 e. The molecule has 0 fully saturated rings. The molecule has 20 heavy (non-hydrogen) atoms. The zero-order valence-electron chi connectivity index (χ0n) is 11.5. The standard InChI is InChI=1S/C14H17N3O3/c1-3-19-14(18)12-7-10(15)4-5-13(12)16-8-11-6-9(2)20-17-11/h4-7,16H,3,8,15H2,1-2H3. The highest BCUT2D eigenvalue weighted by atomic mass is 16.5. The molecule has 1 aromatic carbocycles. The zero-order valence-corrected chi connectivity index (χ0v) is 11.5. The van der Waals surface area contributed by atoms with Crippen LogP contribution in [0.3, 0.4) is 0 Å². The summed E-state index contributed by atoms with van der Waals surface area (Å²) in [4.78, 5) is 11.9. The Morgan fingerprint density at radius 2 is 2.25 bits per heavy atom. The Morgan fingerprint density at radius 1 is 1.45 bits per heavy atom. The molecule has 6 heteroatoms. The van der Waals surface area contributed by atoms with Crippen LogP contribution < -0.4 is 11.1 Å². The Bertz CT molecular complexity index is 607. The third-order valence-corrected chi connectivity index (χ3v) is 2.68. The second kappa shape index (κ2) is 6.10. The summed E-state index contributed by atoms with van der Waals surface area (Å²) in [5, 5.41) is 7.01. The number of nitrogen functional groups attached to an aromatic ring is 1. The third-order valence-electron chi connectivity index (χ3n) is 2.68. The number of nitrogens with zero attached hydrogens (tertiary/aromatic N) is 1. The number of anilines is 2. The van der Waals surface area contributed by atoms with Crippen molar-refractivity contribution < 1.29 is 14.1 Å². The van der Waals surface area contributed by atoms with Gasteiger partial charge < -0.3 is 20.3 Å². The number of carbonyl (C=O) groups excluding carboxylic acids is 1. The largest absolute Gasteiger partial charge is 0.462 e. The van der Waals surface area contributed by atoms with E-state index >= 15 is 0 Å². The molecule has 2 rings (SSSR count). The van der Waals surface area contributed by atoms with E-state index in [1.165, 1.54) is 0 Å². The number of esters is 1. The molecule has 0 radical (unpaired) electrons. The van der Waals surface area contributed by atoms with E-state index in [1.54, 1.807) is 25.1 Å². The van der Waals surface area contributed by atoms with Gasteiger partial charge in [-0.2, -0.15) is 0 Å². The van der Waals surface area contributed by atoms with Crippen LogP contribution in [0.5, 0.6) is 0 Å². The lowest BCUT2D eigenvalue weighted by molar-refractivity contribution is 0.0527. The second-order valence-electron chi connectivity index (χ2n) is 4.31. The van der Waals surface area contributed by atoms with Crippen molar-refractivity contribution in [1.29, 1.82) is 0 Å². The molecular formula is C14H17N3O3. The fourth-order valence-electron chi connectivity index (χ4n) is 1.78. The SMILES string of the molecule is CCOC(=O)c1cc(N)ccc1NCc1cc(C)on1. The molecule has 0 bridgehead atoms. The molecule has 3 N–H and O–H groups in total. The second-order valence-corrected chi connectivity index (χ2v) is 4.31. The first-order valence-corrected chi connectivity index (χ1v) is 6.33. The third kappa shape index (κ3) is 3.28. The van der Waals surface area contributed by atoms with Crippen LogP contribution in [-0.4, -0.2) is 17.7 Å². The van der Waals surface area contributed by atoms with Crippen molar-refractivity contribution in [3.63, 3.8) is 0 Å². The summed E-state index contributed by atoms with van der Waals surface area (Å²) < 4.78 is 10.00. The molecule has 0 saturated heterocycles. The van der Waals surface area contributed by atoms with Crippen molar-refractivity contribution in [1.82, 2.24) is 5.16 Å². The monoisotopic (exact) mass is 275 g/mol. The normalized spacial score (nSPS) is 10.3. The van der Waals surface area contributed by atoms with Gasteiger partial charge in [0.15, 0.2) is 0 Å². The van der Waals surface area contributed by atoms with Gasteiger partial charge in [-0.15, -0.1) is 0 Å². The first-order chi connectivity index (χ1) is 9.60. The molecule has 106 valence electrons. The van der Waals surface area contributed by atoms with Gasteiger partial charge in [0.05, 0.1) is 18.7 Å². The molecule has 0 aliphatic rings. The van der Waals surface area contributed by atoms with Gasteiger partial charge >= 0.3 is 5.97 Å². The van der Waals surface area contributed by atoms with E-state index in [-0.39, 0.29) is 0 Å². The minimum absolute atomic E-state index is 0.315. The Labute approximate surface area is 116 Å². The summed E-state index contributed by atoms with van der Waals surface area (Å²) in [7, 11) is 0. The maximum absolute atomic E-state index is 11.9. The molecular weight excluding hydrogens is 258 g/mol. The van der Waals surface area contributed by atoms with Crippen molar-refractivity contribution in [2.24, 2.45) is 0 Å². The first kappa shape index (κ1) is 13.9. The fourth-order valence-corrected chi connectivity index (χ4v) is 1.78. The van der Waals surface area contributed by atoms with Gasteiger partial charge in [-0.05, 0) is 32.0 Å². The van der Waals surface area contributed by atoms with Crippen LogP contribution in [0, 0.1) is 6.92 Å². The van der Waals surface area contributed by atoms with Gasteiger partial charge in [-0.25, -0.2) is 4.79 Å². The predicted molar refractivity (Wildman–Crippen MR) is 75.4 cm³/mol. The number of aromatic nitrogens is 1. The van der Waals surface area contributed by atoms with E-state index in [4.69, 9.17) is 15.0 Å². The number of hydrogen-bond donors (Lipinski definition) is 2. The van der Waals surface area contributed by atoms with Gasteiger partial charge in [-0.3, -0.25) is 0 Å². The summed E-state index contributed by atoms with van der Waals surface area (Å²) in [6.07, 6.45) is 0. The Hall–Kier alpha value is -2.50. The van der Waals surface area contributed by atoms with Crippen molar-refractivity contribution in [3.05, 3.63) is 41.3 Å². The molecule has 0 unspecified atom stereocenters. The van der Waals surface area contributed by atoms with Gasteiger partial charge in [0.2, 0.25) is 0 Å². The van der Waals surface area contributed by atoms with Crippen LogP contribution in [0.4, 0.5) is 11.4 Å². The average molecular weight is 275 g/mol. The van der Waals surface area contributed by atoms with Crippen LogP contribution in [0.1, 0.15) is 28.7 Å². The van der Waals surface area contributed by atoms with Gasteiger partial charge in [0.1, 0.15) is 11.5 Å². The lowest BCUT2D eigenvalue weighted by Crippen LogP contribution is -2.10. The maximum atomic E-state index is 11.9. The fraction of sp³-hybridized carbons (Fsp3) is 0.286. The Balaban J connectivity index is 2.16. The minimum atomic E-state index is -0.404. The van der Waals surface area contributed by atoms with E-state index in [0.29, 0.717) is 30.1 Å². The van der Waals surface area contributed by atoms with Gasteiger partial charge in [0.25, 0.3) is 0 Å². The highest BCUT2D eigenvalue weighted by molar-refractivity contribution is 5.96. The lowest BCUT2D eigenvalue weighted by atomic mass is 10.1. The van der Waals surface area contributed by atoms with E-state index in [9.17, 15) is 4.79 Å². The van der Waals surface area contributed by atoms with E-state index in [1.807, 2.05) is 13.0 Å². The molecule has 1 heterocycles. The molecule has 0 aliphatic heterocycles. The quantitative estimate of drug-likeness (QED) is 0.643. The van der Waals surface area contributed by atoms with Crippen LogP contribution in [0.25, 0.3) is 0 Å². The first-order valence-electron chi connectivity index (χ1n) is 6.33. The molecule has 6 nitrogen and oxygen atoms in total. The molecule has 0 spiro atoms. The molecule has 2 aromatic rings. The highest BCUT2D eigenvalue weighted by Crippen LogP contribution is 2.20. The number of ether oxygens (including phenoxy) is 1. The number of carbonyl (C=O) groups is 1. The van der Waals surface area contributed by atoms with Crippen molar-refractivity contribution in [2.75, 3.05) is 17.7 Å². The minimum Gasteiger partial charge on any atom is -0.462 e. The number of nitrogens with two attached hydrogens (primary N) is 1. The molecule has 1 aromatic heterocycles. The zero-order chi connectivity index (χ0) is 14.5. The molecule has 0 atom stereocenters. The Kier molecular flexibility index (Phi) is 4.24. The average Bonchev–Trinajstić information content (AvgIpc) is 2.83. The van der Waals surface area contributed by atoms with Gasteiger partial charge in [-0.1, -0.05) is 5.16 Å². The molecule has 0 amide bonds. The summed E-state index contributed by atoms with van der Waals surface area (Å²) in [6.45, 7) is 4.35. The van der Waals surface area contributed by atoms with Crippen LogP contribution in [0.15, 0.2) is 28.8 Å². The van der Waals surface area contributed by atoms with E-state index in [0.717, 1.165) is 11.5 Å². The van der Waals surface area contributed by atoms with E-state index in [2.05, 4.69) is 10.5 Å². The molecule has 0 aliphatic carbocycles. The summed E-state index contributed by atoms with van der Waals surface area (Å²) in [5.41, 5.74) is 8.04. The van der Waals surface area contributed by atoms with Crippen LogP contribution in [-0.2, 0) is 11.3 Å². The van der Waals surface area contributed by atoms with Gasteiger partial charge in [0, 0.05) is 17.4 Å². The van der Waals surface area contributed by atoms with Crippen molar-refractivity contribution in [2.45, 2.75) is 20.4 Å². The molecule has 0 saturated carbocycles. The number of aryl methyl sites for hydroxylation is 1. The predicted octanol–water partition coefficient (Wildman–Crippen LogP) is 2.35.